The normalized spacial score (nSPS) is 15.7. The van der Waals surface area contributed by atoms with Gasteiger partial charge < -0.3 is 15.1 Å². The molecule has 0 atom stereocenters. The molecule has 1 aliphatic heterocycles. The van der Waals surface area contributed by atoms with Crippen LogP contribution in [-0.4, -0.2) is 54.6 Å². The zero-order valence-corrected chi connectivity index (χ0v) is 14.0. The van der Waals surface area contributed by atoms with E-state index in [0.29, 0.717) is 0 Å². The maximum atomic E-state index is 4.73. The van der Waals surface area contributed by atoms with Crippen LogP contribution in [0.2, 0.25) is 0 Å². The minimum Gasteiger partial charge on any atom is -0.354 e. The first-order chi connectivity index (χ1) is 11.3. The molecule has 2 aromatic rings. The number of hydrogen-bond acceptors (Lipinski definition) is 5. The summed E-state index contributed by atoms with van der Waals surface area (Å²) in [6, 6.07) is 12.4. The van der Waals surface area contributed by atoms with E-state index < -0.39 is 0 Å². The van der Waals surface area contributed by atoms with E-state index >= 15 is 0 Å². The molecule has 1 aliphatic rings. The highest BCUT2D eigenvalue weighted by Crippen LogP contribution is 2.24. The van der Waals surface area contributed by atoms with Crippen LogP contribution in [0.5, 0.6) is 0 Å². The molecule has 1 saturated heterocycles. The van der Waals surface area contributed by atoms with Gasteiger partial charge in [0.25, 0.3) is 0 Å². The van der Waals surface area contributed by atoms with Gasteiger partial charge in [0.05, 0.1) is 5.69 Å². The van der Waals surface area contributed by atoms with Crippen LogP contribution in [0.1, 0.15) is 13.3 Å². The van der Waals surface area contributed by atoms with Gasteiger partial charge in [-0.3, -0.25) is 0 Å². The molecule has 5 nitrogen and oxygen atoms in total. The molecule has 122 valence electrons. The molecule has 5 heteroatoms. The number of rotatable bonds is 5. The molecule has 1 aromatic heterocycles. The second-order valence-corrected chi connectivity index (χ2v) is 6.02. The first-order valence-corrected chi connectivity index (χ1v) is 8.38. The number of nitrogens with zero attached hydrogens (tertiary/aromatic N) is 4. The Kier molecular flexibility index (Phi) is 5.08. The van der Waals surface area contributed by atoms with Crippen LogP contribution in [-0.2, 0) is 0 Å². The highest BCUT2D eigenvalue weighted by Gasteiger charge is 2.17. The molecule has 0 spiro atoms. The SMILES string of the molecule is CCCNc1nc(-c2ccccc2)cc(N2CCN(C)CC2)n1. The summed E-state index contributed by atoms with van der Waals surface area (Å²) in [4.78, 5) is 14.1. The Morgan fingerprint density at radius 1 is 1.04 bits per heavy atom. The molecular formula is C18H25N5. The Balaban J connectivity index is 1.91. The van der Waals surface area contributed by atoms with Crippen LogP contribution in [0.15, 0.2) is 36.4 Å². The Hall–Kier alpha value is -2.14. The molecule has 2 heterocycles. The largest absolute Gasteiger partial charge is 0.354 e. The lowest BCUT2D eigenvalue weighted by molar-refractivity contribution is 0.312. The summed E-state index contributed by atoms with van der Waals surface area (Å²) in [6.07, 6.45) is 1.06. The van der Waals surface area contributed by atoms with E-state index in [1.807, 2.05) is 18.2 Å². The van der Waals surface area contributed by atoms with Crippen LogP contribution in [0.4, 0.5) is 11.8 Å². The zero-order chi connectivity index (χ0) is 16.1. The first kappa shape index (κ1) is 15.7. The van der Waals surface area contributed by atoms with E-state index in [4.69, 9.17) is 9.97 Å². The van der Waals surface area contributed by atoms with Gasteiger partial charge in [0.2, 0.25) is 5.95 Å². The number of nitrogens with one attached hydrogen (secondary N) is 1. The average Bonchev–Trinajstić information content (AvgIpc) is 2.61. The first-order valence-electron chi connectivity index (χ1n) is 8.38. The Bertz CT molecular complexity index is 621. The van der Waals surface area contributed by atoms with Gasteiger partial charge in [0, 0.05) is 44.4 Å². The molecule has 0 amide bonds. The molecule has 0 saturated carbocycles. The lowest BCUT2D eigenvalue weighted by Gasteiger charge is -2.33. The fourth-order valence-electron chi connectivity index (χ4n) is 2.70. The summed E-state index contributed by atoms with van der Waals surface area (Å²) >= 11 is 0. The maximum absolute atomic E-state index is 4.73. The number of likely N-dealkylation sites (N-methyl/N-ethyl adjacent to an activating group) is 1. The number of piperazine rings is 1. The summed E-state index contributed by atoms with van der Waals surface area (Å²) in [5.41, 5.74) is 2.11. The van der Waals surface area contributed by atoms with Gasteiger partial charge >= 0.3 is 0 Å². The van der Waals surface area contributed by atoms with E-state index in [0.717, 1.165) is 62.2 Å². The zero-order valence-electron chi connectivity index (χ0n) is 14.0. The average molecular weight is 311 g/mol. The fraction of sp³-hybridized carbons (Fsp3) is 0.444. The van der Waals surface area contributed by atoms with Gasteiger partial charge in [-0.05, 0) is 13.5 Å². The summed E-state index contributed by atoms with van der Waals surface area (Å²) in [5, 5.41) is 3.33. The molecule has 3 rings (SSSR count). The number of hydrogen-bond donors (Lipinski definition) is 1. The molecule has 0 radical (unpaired) electrons. The van der Waals surface area contributed by atoms with E-state index in [-0.39, 0.29) is 0 Å². The van der Waals surface area contributed by atoms with Crippen molar-refractivity contribution in [3.63, 3.8) is 0 Å². The predicted molar refractivity (Wildman–Crippen MR) is 96.0 cm³/mol. The van der Waals surface area contributed by atoms with Crippen LogP contribution < -0.4 is 10.2 Å². The molecule has 1 aromatic carbocycles. The van der Waals surface area contributed by atoms with Crippen molar-refractivity contribution in [2.45, 2.75) is 13.3 Å². The summed E-state index contributed by atoms with van der Waals surface area (Å²) in [6.45, 7) is 7.20. The lowest BCUT2D eigenvalue weighted by Crippen LogP contribution is -2.44. The Morgan fingerprint density at radius 3 is 2.48 bits per heavy atom. The Morgan fingerprint density at radius 2 is 1.78 bits per heavy atom. The molecule has 1 fully saturated rings. The summed E-state index contributed by atoms with van der Waals surface area (Å²) in [5.74, 6) is 1.74. The van der Waals surface area contributed by atoms with E-state index in [1.165, 1.54) is 0 Å². The van der Waals surface area contributed by atoms with Crippen molar-refractivity contribution < 1.29 is 0 Å². The quantitative estimate of drug-likeness (QED) is 0.920. The van der Waals surface area contributed by atoms with E-state index in [9.17, 15) is 0 Å². The third kappa shape index (κ3) is 3.99. The molecule has 0 aliphatic carbocycles. The maximum Gasteiger partial charge on any atom is 0.225 e. The lowest BCUT2D eigenvalue weighted by atomic mass is 10.1. The number of aromatic nitrogens is 2. The molecule has 23 heavy (non-hydrogen) atoms. The van der Waals surface area contributed by atoms with E-state index in [1.54, 1.807) is 0 Å². The minimum atomic E-state index is 0.724. The van der Waals surface area contributed by atoms with Crippen molar-refractivity contribution in [1.29, 1.82) is 0 Å². The van der Waals surface area contributed by atoms with E-state index in [2.05, 4.69) is 47.3 Å². The van der Waals surface area contributed by atoms with Gasteiger partial charge in [-0.2, -0.15) is 4.98 Å². The third-order valence-corrected chi connectivity index (χ3v) is 4.14. The van der Waals surface area contributed by atoms with Crippen LogP contribution in [0.25, 0.3) is 11.3 Å². The molecule has 0 bridgehead atoms. The van der Waals surface area contributed by atoms with Crippen molar-refractivity contribution in [3.8, 4) is 11.3 Å². The number of anilines is 2. The smallest absolute Gasteiger partial charge is 0.225 e. The van der Waals surface area contributed by atoms with Gasteiger partial charge in [0.1, 0.15) is 5.82 Å². The van der Waals surface area contributed by atoms with Crippen molar-refractivity contribution in [2.24, 2.45) is 0 Å². The second-order valence-electron chi connectivity index (χ2n) is 6.02. The van der Waals surface area contributed by atoms with Gasteiger partial charge in [-0.25, -0.2) is 4.98 Å². The highest BCUT2D eigenvalue weighted by molar-refractivity contribution is 5.64. The standard InChI is InChI=1S/C18H25N5/c1-3-9-19-18-20-16(15-7-5-4-6-8-15)14-17(21-18)23-12-10-22(2)11-13-23/h4-8,14H,3,9-13H2,1-2H3,(H,19,20,21). The van der Waals surface area contributed by atoms with Crippen molar-refractivity contribution in [2.75, 3.05) is 50.0 Å². The van der Waals surface area contributed by atoms with Crippen molar-refractivity contribution >= 4 is 11.8 Å². The fourth-order valence-corrected chi connectivity index (χ4v) is 2.70. The van der Waals surface area contributed by atoms with Gasteiger partial charge in [-0.1, -0.05) is 37.3 Å². The third-order valence-electron chi connectivity index (χ3n) is 4.14. The predicted octanol–water partition coefficient (Wildman–Crippen LogP) is 2.72. The van der Waals surface area contributed by atoms with Gasteiger partial charge in [-0.15, -0.1) is 0 Å². The minimum absolute atomic E-state index is 0.724. The van der Waals surface area contributed by atoms with Crippen molar-refractivity contribution in [1.82, 2.24) is 14.9 Å². The number of benzene rings is 1. The topological polar surface area (TPSA) is 44.3 Å². The summed E-state index contributed by atoms with van der Waals surface area (Å²) in [7, 11) is 2.17. The van der Waals surface area contributed by atoms with Gasteiger partial charge in [0.15, 0.2) is 0 Å². The van der Waals surface area contributed by atoms with Crippen molar-refractivity contribution in [3.05, 3.63) is 36.4 Å². The van der Waals surface area contributed by atoms with Crippen LogP contribution >= 0.6 is 0 Å². The summed E-state index contributed by atoms with van der Waals surface area (Å²) < 4.78 is 0. The van der Waals surface area contributed by atoms with Crippen LogP contribution in [0.3, 0.4) is 0 Å². The molecule has 1 N–H and O–H groups in total. The second kappa shape index (κ2) is 7.42. The molecular weight excluding hydrogens is 286 g/mol. The Labute approximate surface area is 138 Å². The van der Waals surface area contributed by atoms with Crippen LogP contribution in [0, 0.1) is 0 Å². The molecule has 0 unspecified atom stereocenters. The monoisotopic (exact) mass is 311 g/mol. The highest BCUT2D eigenvalue weighted by atomic mass is 15.3.